The van der Waals surface area contributed by atoms with Crippen molar-refractivity contribution in [3.63, 3.8) is 0 Å². The fourth-order valence-corrected chi connectivity index (χ4v) is 2.93. The lowest BCUT2D eigenvalue weighted by atomic mass is 10.0. The standard InChI is InChI=1S/C17H15NO3S/c1-21-17-10-6-14-11-13(5-9-16(14)18-17)12-3-7-15(8-4-12)22(2,19)20/h3-11H,1-2H3. The minimum atomic E-state index is -3.17. The van der Waals surface area contributed by atoms with E-state index in [0.29, 0.717) is 10.8 Å². The summed E-state index contributed by atoms with van der Waals surface area (Å²) in [5.74, 6) is 0.581. The number of fused-ring (bicyclic) bond motifs is 1. The van der Waals surface area contributed by atoms with Gasteiger partial charge in [-0.15, -0.1) is 0 Å². The van der Waals surface area contributed by atoms with Gasteiger partial charge in [-0.1, -0.05) is 18.2 Å². The quantitative estimate of drug-likeness (QED) is 0.744. The van der Waals surface area contributed by atoms with E-state index >= 15 is 0 Å². The van der Waals surface area contributed by atoms with E-state index in [1.54, 1.807) is 19.2 Å². The van der Waals surface area contributed by atoms with Crippen LogP contribution in [0.3, 0.4) is 0 Å². The lowest BCUT2D eigenvalue weighted by Crippen LogP contribution is -1.96. The number of rotatable bonds is 3. The minimum absolute atomic E-state index is 0.323. The minimum Gasteiger partial charge on any atom is -0.481 e. The predicted molar refractivity (Wildman–Crippen MR) is 86.8 cm³/mol. The zero-order valence-corrected chi connectivity index (χ0v) is 13.1. The Morgan fingerprint density at radius 2 is 1.59 bits per heavy atom. The summed E-state index contributed by atoms with van der Waals surface area (Å²) in [5, 5.41) is 1.01. The zero-order chi connectivity index (χ0) is 15.7. The summed E-state index contributed by atoms with van der Waals surface area (Å²) in [7, 11) is -1.58. The Morgan fingerprint density at radius 3 is 2.23 bits per heavy atom. The molecule has 0 aliphatic rings. The highest BCUT2D eigenvalue weighted by atomic mass is 32.2. The molecule has 0 fully saturated rings. The molecule has 0 amide bonds. The van der Waals surface area contributed by atoms with Gasteiger partial charge in [-0.2, -0.15) is 0 Å². The van der Waals surface area contributed by atoms with Crippen LogP contribution in [0.1, 0.15) is 0 Å². The average Bonchev–Trinajstić information content (AvgIpc) is 2.53. The SMILES string of the molecule is COc1ccc2cc(-c3ccc(S(C)(=O)=O)cc3)ccc2n1. The number of methoxy groups -OCH3 is 1. The molecule has 0 radical (unpaired) electrons. The number of ether oxygens (including phenoxy) is 1. The molecule has 0 unspecified atom stereocenters. The van der Waals surface area contributed by atoms with Gasteiger partial charge in [-0.3, -0.25) is 0 Å². The van der Waals surface area contributed by atoms with Crippen molar-refractivity contribution >= 4 is 20.7 Å². The maximum absolute atomic E-state index is 11.5. The maximum Gasteiger partial charge on any atom is 0.213 e. The molecule has 1 aromatic heterocycles. The Kier molecular flexibility index (Phi) is 3.58. The molecular formula is C17H15NO3S. The second-order valence-corrected chi connectivity index (χ2v) is 7.07. The Morgan fingerprint density at radius 1 is 0.909 bits per heavy atom. The third-order valence-corrected chi connectivity index (χ3v) is 4.62. The molecule has 3 rings (SSSR count). The number of aromatic nitrogens is 1. The van der Waals surface area contributed by atoms with Crippen LogP contribution in [0.5, 0.6) is 5.88 Å². The lowest BCUT2D eigenvalue weighted by Gasteiger charge is -2.06. The Bertz CT molecular complexity index is 932. The first-order chi connectivity index (χ1) is 10.5. The number of nitrogens with zero attached hydrogens (tertiary/aromatic N) is 1. The number of hydrogen-bond donors (Lipinski definition) is 0. The number of hydrogen-bond acceptors (Lipinski definition) is 4. The van der Waals surface area contributed by atoms with Crippen LogP contribution in [-0.2, 0) is 9.84 Å². The van der Waals surface area contributed by atoms with Gasteiger partial charge in [0.05, 0.1) is 17.5 Å². The largest absolute Gasteiger partial charge is 0.481 e. The van der Waals surface area contributed by atoms with Gasteiger partial charge >= 0.3 is 0 Å². The summed E-state index contributed by atoms with van der Waals surface area (Å²) in [4.78, 5) is 4.70. The molecule has 0 saturated heterocycles. The Hall–Kier alpha value is -2.40. The predicted octanol–water partition coefficient (Wildman–Crippen LogP) is 3.31. The van der Waals surface area contributed by atoms with E-state index in [4.69, 9.17) is 4.74 Å². The summed E-state index contributed by atoms with van der Waals surface area (Å²) in [6.07, 6.45) is 1.21. The summed E-state index contributed by atoms with van der Waals surface area (Å²) < 4.78 is 28.1. The van der Waals surface area contributed by atoms with E-state index in [1.165, 1.54) is 6.26 Å². The van der Waals surface area contributed by atoms with Crippen LogP contribution >= 0.6 is 0 Å². The van der Waals surface area contributed by atoms with Gasteiger partial charge in [0.25, 0.3) is 0 Å². The third-order valence-electron chi connectivity index (χ3n) is 3.49. The van der Waals surface area contributed by atoms with Gasteiger partial charge in [-0.25, -0.2) is 13.4 Å². The second kappa shape index (κ2) is 5.42. The van der Waals surface area contributed by atoms with Crippen LogP contribution < -0.4 is 4.74 Å². The van der Waals surface area contributed by atoms with Crippen molar-refractivity contribution in [3.8, 4) is 17.0 Å². The molecule has 2 aromatic carbocycles. The molecule has 1 heterocycles. The van der Waals surface area contributed by atoms with Crippen LogP contribution in [0, 0.1) is 0 Å². The van der Waals surface area contributed by atoms with Crippen molar-refractivity contribution in [1.29, 1.82) is 0 Å². The van der Waals surface area contributed by atoms with E-state index < -0.39 is 9.84 Å². The van der Waals surface area contributed by atoms with Crippen LogP contribution in [-0.4, -0.2) is 26.8 Å². The van der Waals surface area contributed by atoms with Gasteiger partial charge in [0.2, 0.25) is 5.88 Å². The average molecular weight is 313 g/mol. The van der Waals surface area contributed by atoms with E-state index in [2.05, 4.69) is 4.98 Å². The summed E-state index contributed by atoms with van der Waals surface area (Å²) in [5.41, 5.74) is 2.83. The van der Waals surface area contributed by atoms with Crippen molar-refractivity contribution in [2.45, 2.75) is 4.90 Å². The highest BCUT2D eigenvalue weighted by molar-refractivity contribution is 7.90. The number of pyridine rings is 1. The Labute approximate surface area is 129 Å². The molecule has 0 N–H and O–H groups in total. The smallest absolute Gasteiger partial charge is 0.213 e. The van der Waals surface area contributed by atoms with Crippen LogP contribution in [0.4, 0.5) is 0 Å². The molecule has 3 aromatic rings. The maximum atomic E-state index is 11.5. The molecule has 5 heteroatoms. The van der Waals surface area contributed by atoms with Crippen LogP contribution in [0.15, 0.2) is 59.5 Å². The molecule has 0 bridgehead atoms. The van der Waals surface area contributed by atoms with E-state index in [0.717, 1.165) is 22.0 Å². The third kappa shape index (κ3) is 2.80. The topological polar surface area (TPSA) is 56.3 Å². The normalized spacial score (nSPS) is 11.5. The molecular weight excluding hydrogens is 298 g/mol. The van der Waals surface area contributed by atoms with Gasteiger partial charge in [0.1, 0.15) is 0 Å². The Balaban J connectivity index is 2.03. The van der Waals surface area contributed by atoms with Crippen LogP contribution in [0.25, 0.3) is 22.0 Å². The molecule has 0 aliphatic carbocycles. The van der Waals surface area contributed by atoms with Crippen molar-refractivity contribution in [3.05, 3.63) is 54.6 Å². The first-order valence-electron chi connectivity index (χ1n) is 6.73. The van der Waals surface area contributed by atoms with Crippen LogP contribution in [0.2, 0.25) is 0 Å². The van der Waals surface area contributed by atoms with Gasteiger partial charge in [0.15, 0.2) is 9.84 Å². The van der Waals surface area contributed by atoms with E-state index in [1.807, 2.05) is 42.5 Å². The van der Waals surface area contributed by atoms with E-state index in [-0.39, 0.29) is 0 Å². The molecule has 22 heavy (non-hydrogen) atoms. The summed E-state index contributed by atoms with van der Waals surface area (Å²) in [6.45, 7) is 0. The van der Waals surface area contributed by atoms with Crippen molar-refractivity contribution in [2.24, 2.45) is 0 Å². The van der Waals surface area contributed by atoms with Gasteiger partial charge in [0, 0.05) is 17.7 Å². The zero-order valence-electron chi connectivity index (χ0n) is 12.3. The molecule has 0 atom stereocenters. The molecule has 0 aliphatic heterocycles. The lowest BCUT2D eigenvalue weighted by molar-refractivity contribution is 0.399. The van der Waals surface area contributed by atoms with Crippen molar-refractivity contribution in [1.82, 2.24) is 4.98 Å². The van der Waals surface area contributed by atoms with Crippen molar-refractivity contribution < 1.29 is 13.2 Å². The fourth-order valence-electron chi connectivity index (χ4n) is 2.29. The number of benzene rings is 2. The fraction of sp³-hybridized carbons (Fsp3) is 0.118. The highest BCUT2D eigenvalue weighted by Gasteiger charge is 2.07. The highest BCUT2D eigenvalue weighted by Crippen LogP contribution is 2.26. The monoisotopic (exact) mass is 313 g/mol. The van der Waals surface area contributed by atoms with E-state index in [9.17, 15) is 8.42 Å². The van der Waals surface area contributed by atoms with Crippen molar-refractivity contribution in [2.75, 3.05) is 13.4 Å². The second-order valence-electron chi connectivity index (χ2n) is 5.06. The molecule has 4 nitrogen and oxygen atoms in total. The first-order valence-corrected chi connectivity index (χ1v) is 8.62. The summed E-state index contributed by atoms with van der Waals surface area (Å²) >= 11 is 0. The van der Waals surface area contributed by atoms with Gasteiger partial charge < -0.3 is 4.74 Å². The molecule has 0 saturated carbocycles. The number of sulfone groups is 1. The molecule has 0 spiro atoms. The molecule has 112 valence electrons. The van der Waals surface area contributed by atoms with Gasteiger partial charge in [-0.05, 0) is 41.5 Å². The first kappa shape index (κ1) is 14.5. The summed E-state index contributed by atoms with van der Waals surface area (Å²) in [6, 6.07) is 16.6.